The number of carbonyl (C=O) groups is 1. The highest BCUT2D eigenvalue weighted by molar-refractivity contribution is 5.69. The first kappa shape index (κ1) is 10.0. The average molecular weight is 158 g/mol. The molecule has 0 unspecified atom stereocenters. The Labute approximate surface area is 66.7 Å². The van der Waals surface area contributed by atoms with Crippen LogP contribution in [0.5, 0.6) is 0 Å². The van der Waals surface area contributed by atoms with Gasteiger partial charge in [0.05, 0.1) is 12.4 Å². The van der Waals surface area contributed by atoms with Crippen molar-refractivity contribution in [1.82, 2.24) is 0 Å². The third-order valence-corrected chi connectivity index (χ3v) is 1.15. The predicted octanol–water partition coefficient (Wildman–Crippen LogP) is 1.79. The van der Waals surface area contributed by atoms with Crippen molar-refractivity contribution < 1.29 is 14.6 Å². The van der Waals surface area contributed by atoms with Gasteiger partial charge in [-0.1, -0.05) is 6.58 Å². The van der Waals surface area contributed by atoms with Crippen LogP contribution in [-0.4, -0.2) is 17.7 Å². The highest BCUT2D eigenvalue weighted by Crippen LogP contribution is 2.02. The molecule has 0 saturated carbocycles. The molecule has 0 amide bonds. The Morgan fingerprint density at radius 2 is 2.18 bits per heavy atom. The fourth-order valence-electron chi connectivity index (χ4n) is 0.670. The van der Waals surface area contributed by atoms with Gasteiger partial charge in [-0.3, -0.25) is 4.79 Å². The number of aliphatic hydroxyl groups excluding tert-OH is 1. The number of hydrogen-bond acceptors (Lipinski definition) is 3. The van der Waals surface area contributed by atoms with Crippen LogP contribution in [0.25, 0.3) is 0 Å². The first-order valence-corrected chi connectivity index (χ1v) is 3.69. The maximum Gasteiger partial charge on any atom is 0.305 e. The van der Waals surface area contributed by atoms with E-state index in [-0.39, 0.29) is 11.7 Å². The molecule has 0 rings (SSSR count). The van der Waals surface area contributed by atoms with Crippen LogP contribution in [0.1, 0.15) is 26.2 Å². The SMILES string of the molecule is C=C(O)CCCC(=O)OCC. The summed E-state index contributed by atoms with van der Waals surface area (Å²) in [5.74, 6) is -0.0944. The first-order valence-electron chi connectivity index (χ1n) is 3.69. The molecule has 0 bridgehead atoms. The van der Waals surface area contributed by atoms with Gasteiger partial charge in [-0.25, -0.2) is 0 Å². The summed E-state index contributed by atoms with van der Waals surface area (Å²) < 4.78 is 4.67. The zero-order chi connectivity index (χ0) is 8.69. The summed E-state index contributed by atoms with van der Waals surface area (Å²) in [7, 11) is 0. The summed E-state index contributed by atoms with van der Waals surface area (Å²) in [6, 6.07) is 0. The van der Waals surface area contributed by atoms with Crippen LogP contribution in [0.15, 0.2) is 12.3 Å². The molecule has 0 saturated heterocycles. The van der Waals surface area contributed by atoms with Gasteiger partial charge >= 0.3 is 5.97 Å². The number of aliphatic hydroxyl groups is 1. The van der Waals surface area contributed by atoms with Crippen molar-refractivity contribution in [3.63, 3.8) is 0 Å². The van der Waals surface area contributed by atoms with Crippen LogP contribution in [0.4, 0.5) is 0 Å². The van der Waals surface area contributed by atoms with Gasteiger partial charge in [-0.05, 0) is 13.3 Å². The predicted molar refractivity (Wildman–Crippen MR) is 42.3 cm³/mol. The van der Waals surface area contributed by atoms with Crippen molar-refractivity contribution in [3.8, 4) is 0 Å². The fraction of sp³-hybridized carbons (Fsp3) is 0.625. The Hall–Kier alpha value is -0.990. The van der Waals surface area contributed by atoms with Crippen molar-refractivity contribution in [3.05, 3.63) is 12.3 Å². The summed E-state index contributed by atoms with van der Waals surface area (Å²) in [4.78, 5) is 10.7. The van der Waals surface area contributed by atoms with Crippen molar-refractivity contribution >= 4 is 5.97 Å². The number of esters is 1. The summed E-state index contributed by atoms with van der Waals surface area (Å²) in [6.07, 6.45) is 1.43. The van der Waals surface area contributed by atoms with Gasteiger partial charge in [0.15, 0.2) is 0 Å². The van der Waals surface area contributed by atoms with Gasteiger partial charge in [-0.2, -0.15) is 0 Å². The highest BCUT2D eigenvalue weighted by Gasteiger charge is 2.00. The summed E-state index contributed by atoms with van der Waals surface area (Å²) >= 11 is 0. The largest absolute Gasteiger partial charge is 0.513 e. The van der Waals surface area contributed by atoms with Crippen LogP contribution in [-0.2, 0) is 9.53 Å². The van der Waals surface area contributed by atoms with Gasteiger partial charge < -0.3 is 9.84 Å². The average Bonchev–Trinajstić information content (AvgIpc) is 1.87. The second-order valence-corrected chi connectivity index (χ2v) is 2.22. The molecule has 0 atom stereocenters. The van der Waals surface area contributed by atoms with E-state index >= 15 is 0 Å². The lowest BCUT2D eigenvalue weighted by molar-refractivity contribution is -0.143. The van der Waals surface area contributed by atoms with E-state index in [0.29, 0.717) is 25.9 Å². The van der Waals surface area contributed by atoms with E-state index in [1.54, 1.807) is 6.92 Å². The van der Waals surface area contributed by atoms with E-state index < -0.39 is 0 Å². The van der Waals surface area contributed by atoms with Crippen LogP contribution < -0.4 is 0 Å². The Morgan fingerprint density at radius 3 is 2.64 bits per heavy atom. The van der Waals surface area contributed by atoms with E-state index in [1.807, 2.05) is 0 Å². The number of rotatable bonds is 5. The van der Waals surface area contributed by atoms with Gasteiger partial charge in [0.25, 0.3) is 0 Å². The number of hydrogen-bond donors (Lipinski definition) is 1. The van der Waals surface area contributed by atoms with Crippen molar-refractivity contribution in [2.45, 2.75) is 26.2 Å². The maximum absolute atomic E-state index is 10.7. The molecule has 0 aromatic carbocycles. The smallest absolute Gasteiger partial charge is 0.305 e. The monoisotopic (exact) mass is 158 g/mol. The quantitative estimate of drug-likeness (QED) is 0.490. The topological polar surface area (TPSA) is 46.5 Å². The molecule has 3 heteroatoms. The van der Waals surface area contributed by atoms with E-state index in [2.05, 4.69) is 11.3 Å². The molecule has 64 valence electrons. The summed E-state index contributed by atoms with van der Waals surface area (Å²) in [6.45, 7) is 5.48. The number of allylic oxidation sites excluding steroid dienone is 1. The lowest BCUT2D eigenvalue weighted by Crippen LogP contribution is -2.03. The second-order valence-electron chi connectivity index (χ2n) is 2.22. The Balaban J connectivity index is 3.24. The number of carbonyl (C=O) groups excluding carboxylic acids is 1. The lowest BCUT2D eigenvalue weighted by atomic mass is 10.2. The number of ether oxygens (including phenoxy) is 1. The zero-order valence-corrected chi connectivity index (χ0v) is 6.80. The summed E-state index contributed by atoms with van der Waals surface area (Å²) in [5, 5.41) is 8.65. The van der Waals surface area contributed by atoms with Gasteiger partial charge in [0.2, 0.25) is 0 Å². The van der Waals surface area contributed by atoms with E-state index in [4.69, 9.17) is 5.11 Å². The minimum Gasteiger partial charge on any atom is -0.513 e. The normalized spacial score (nSPS) is 9.18. The van der Waals surface area contributed by atoms with Crippen molar-refractivity contribution in [1.29, 1.82) is 0 Å². The van der Waals surface area contributed by atoms with E-state index in [0.717, 1.165) is 0 Å². The van der Waals surface area contributed by atoms with Gasteiger partial charge in [-0.15, -0.1) is 0 Å². The molecular formula is C8H14O3. The molecule has 1 N–H and O–H groups in total. The Kier molecular flexibility index (Phi) is 5.25. The van der Waals surface area contributed by atoms with Crippen LogP contribution >= 0.6 is 0 Å². The Bertz CT molecular complexity index is 140. The van der Waals surface area contributed by atoms with E-state index in [9.17, 15) is 4.79 Å². The third-order valence-electron chi connectivity index (χ3n) is 1.15. The second kappa shape index (κ2) is 5.77. The molecule has 0 aromatic heterocycles. The minimum absolute atomic E-state index is 0.120. The lowest BCUT2D eigenvalue weighted by Gasteiger charge is -2.00. The molecule has 11 heavy (non-hydrogen) atoms. The van der Waals surface area contributed by atoms with Crippen molar-refractivity contribution in [2.24, 2.45) is 0 Å². The Morgan fingerprint density at radius 1 is 1.55 bits per heavy atom. The summed E-state index contributed by atoms with van der Waals surface area (Å²) in [5.41, 5.74) is 0. The van der Waals surface area contributed by atoms with Gasteiger partial charge in [0.1, 0.15) is 0 Å². The molecule has 3 nitrogen and oxygen atoms in total. The molecule has 0 fully saturated rings. The molecule has 0 spiro atoms. The molecule has 0 aromatic rings. The molecule has 0 aliphatic rings. The first-order chi connectivity index (χ1) is 5.16. The van der Waals surface area contributed by atoms with Crippen LogP contribution in [0.2, 0.25) is 0 Å². The third kappa shape index (κ3) is 6.90. The van der Waals surface area contributed by atoms with E-state index in [1.165, 1.54) is 0 Å². The molecular weight excluding hydrogens is 144 g/mol. The van der Waals surface area contributed by atoms with Crippen molar-refractivity contribution in [2.75, 3.05) is 6.61 Å². The zero-order valence-electron chi connectivity index (χ0n) is 6.80. The molecule has 0 heterocycles. The molecule has 0 aliphatic heterocycles. The highest BCUT2D eigenvalue weighted by atomic mass is 16.5. The fourth-order valence-corrected chi connectivity index (χ4v) is 0.670. The van der Waals surface area contributed by atoms with Gasteiger partial charge in [0, 0.05) is 12.8 Å². The molecule has 0 radical (unpaired) electrons. The van der Waals surface area contributed by atoms with Crippen LogP contribution in [0, 0.1) is 0 Å². The standard InChI is InChI=1S/C8H14O3/c1-3-11-8(10)6-4-5-7(2)9/h9H,2-6H2,1H3. The van der Waals surface area contributed by atoms with Crippen LogP contribution in [0.3, 0.4) is 0 Å². The maximum atomic E-state index is 10.7. The molecule has 0 aliphatic carbocycles. The minimum atomic E-state index is -0.214.